The zero-order chi connectivity index (χ0) is 23.5. The first-order valence-electron chi connectivity index (χ1n) is 10.7. The van der Waals surface area contributed by atoms with Crippen LogP contribution in [0.1, 0.15) is 45.4 Å². The lowest BCUT2D eigenvalue weighted by Crippen LogP contribution is -2.59. The first-order valence-corrected chi connectivity index (χ1v) is 12.3. The summed E-state index contributed by atoms with van der Waals surface area (Å²) in [6, 6.07) is -1.77. The van der Waals surface area contributed by atoms with Gasteiger partial charge in [0.25, 0.3) is 5.91 Å². The Morgan fingerprint density at radius 1 is 1.28 bits per heavy atom. The van der Waals surface area contributed by atoms with Crippen LogP contribution in [-0.4, -0.2) is 74.2 Å². The summed E-state index contributed by atoms with van der Waals surface area (Å²) in [4.78, 5) is 51.1. The molecule has 0 radical (unpaired) electrons. The minimum atomic E-state index is -3.80. The van der Waals surface area contributed by atoms with Crippen LogP contribution in [0.4, 0.5) is 4.79 Å². The maximum Gasteiger partial charge on any atom is 0.317 e. The number of nitrogens with zero attached hydrogens (tertiary/aromatic N) is 1. The fourth-order valence-corrected chi connectivity index (χ4v) is 4.95. The van der Waals surface area contributed by atoms with Crippen molar-refractivity contribution in [2.75, 3.05) is 20.2 Å². The summed E-state index contributed by atoms with van der Waals surface area (Å²) in [5.41, 5.74) is -1.44. The molecule has 3 atom stereocenters. The molecule has 0 spiro atoms. The van der Waals surface area contributed by atoms with E-state index in [1.165, 1.54) is 11.8 Å². The lowest BCUT2D eigenvalue weighted by Gasteiger charge is -2.25. The lowest BCUT2D eigenvalue weighted by molar-refractivity contribution is -0.143. The quantitative estimate of drug-likeness (QED) is 0.371. The number of urea groups is 1. The van der Waals surface area contributed by atoms with Crippen molar-refractivity contribution in [1.29, 1.82) is 0 Å². The second-order valence-electron chi connectivity index (χ2n) is 8.60. The van der Waals surface area contributed by atoms with E-state index in [0.29, 0.717) is 19.4 Å². The molecule has 32 heavy (non-hydrogen) atoms. The zero-order valence-corrected chi connectivity index (χ0v) is 19.1. The van der Waals surface area contributed by atoms with E-state index in [1.54, 1.807) is 7.05 Å². The number of hydrogen-bond acceptors (Lipinski definition) is 7. The van der Waals surface area contributed by atoms with Crippen LogP contribution >= 0.6 is 0 Å². The molecule has 1 aliphatic heterocycles. The third-order valence-electron chi connectivity index (χ3n) is 5.86. The highest BCUT2D eigenvalue weighted by molar-refractivity contribution is 7.91. The third kappa shape index (κ3) is 5.78. The number of ether oxygens (including phenoxy) is 1. The third-order valence-corrected chi connectivity index (χ3v) is 7.68. The van der Waals surface area contributed by atoms with Gasteiger partial charge in [-0.25, -0.2) is 13.2 Å². The smallest absolute Gasteiger partial charge is 0.317 e. The van der Waals surface area contributed by atoms with Gasteiger partial charge in [-0.3, -0.25) is 19.1 Å². The SMILES string of the molecule is CC(=O)OC[C@@H]1NC(=O)N(C)CCCC/C=C\[C@H]2C[C@@]2(C(=O)NS(=O)(=O)C2CC2)NC1=O. The Hall–Kier alpha value is -2.63. The summed E-state index contributed by atoms with van der Waals surface area (Å²) in [7, 11) is -2.21. The molecule has 2 saturated carbocycles. The number of sulfonamides is 1. The fraction of sp³-hybridized carbons (Fsp3) is 0.700. The number of rotatable bonds is 5. The predicted octanol–water partition coefficient (Wildman–Crippen LogP) is -0.217. The molecular formula is C20H30N4O7S. The van der Waals surface area contributed by atoms with Gasteiger partial charge in [-0.1, -0.05) is 12.2 Å². The van der Waals surface area contributed by atoms with Gasteiger partial charge in [0.15, 0.2) is 0 Å². The fourth-order valence-electron chi connectivity index (χ4n) is 3.59. The Labute approximate surface area is 187 Å². The number of esters is 1. The van der Waals surface area contributed by atoms with Crippen molar-refractivity contribution in [3.05, 3.63) is 12.2 Å². The van der Waals surface area contributed by atoms with E-state index in [9.17, 15) is 27.6 Å². The molecule has 0 unspecified atom stereocenters. The van der Waals surface area contributed by atoms with E-state index in [4.69, 9.17) is 4.74 Å². The van der Waals surface area contributed by atoms with Gasteiger partial charge in [-0.2, -0.15) is 0 Å². The van der Waals surface area contributed by atoms with Gasteiger partial charge in [0.2, 0.25) is 15.9 Å². The standard InChI is InChI=1S/C20H30N4O7S/c1-13(25)31-12-16-17(26)22-20(18(27)23-32(29,30)15-8-9-15)11-14(20)7-5-3-4-6-10-24(2)19(28)21-16/h5,7,14-16H,3-4,6,8-12H2,1-2H3,(H,21,28)(H,22,26)(H,23,27)/b7-5-/t14-,16-,20+/m0/s1. The van der Waals surface area contributed by atoms with Crippen LogP contribution in [0.15, 0.2) is 12.2 Å². The number of carbonyl (C=O) groups excluding carboxylic acids is 4. The van der Waals surface area contributed by atoms with Crippen molar-refractivity contribution in [1.82, 2.24) is 20.3 Å². The number of nitrogens with one attached hydrogen (secondary N) is 3. The van der Waals surface area contributed by atoms with Gasteiger partial charge in [0, 0.05) is 26.4 Å². The van der Waals surface area contributed by atoms with Crippen molar-refractivity contribution in [2.45, 2.75) is 62.3 Å². The van der Waals surface area contributed by atoms with Crippen molar-refractivity contribution < 1.29 is 32.3 Å². The van der Waals surface area contributed by atoms with Crippen molar-refractivity contribution in [2.24, 2.45) is 5.92 Å². The van der Waals surface area contributed by atoms with E-state index < -0.39 is 57.3 Å². The van der Waals surface area contributed by atoms with E-state index in [2.05, 4.69) is 15.4 Å². The molecule has 178 valence electrons. The van der Waals surface area contributed by atoms with Crippen molar-refractivity contribution in [3.63, 3.8) is 0 Å². The topological polar surface area (TPSA) is 151 Å². The summed E-state index contributed by atoms with van der Waals surface area (Å²) < 4.78 is 31.6. The van der Waals surface area contributed by atoms with Gasteiger partial charge in [0.05, 0.1) is 5.25 Å². The van der Waals surface area contributed by atoms with Gasteiger partial charge >= 0.3 is 12.0 Å². The molecule has 3 rings (SSSR count). The number of amides is 4. The average molecular weight is 471 g/mol. The van der Waals surface area contributed by atoms with Gasteiger partial charge in [-0.15, -0.1) is 0 Å². The summed E-state index contributed by atoms with van der Waals surface area (Å²) in [5.74, 6) is -2.54. The maximum absolute atomic E-state index is 13.0. The Bertz CT molecular complexity index is 915. The minimum Gasteiger partial charge on any atom is -0.463 e. The zero-order valence-electron chi connectivity index (χ0n) is 18.3. The first-order chi connectivity index (χ1) is 15.0. The van der Waals surface area contributed by atoms with Crippen LogP contribution in [0.25, 0.3) is 0 Å². The van der Waals surface area contributed by atoms with E-state index >= 15 is 0 Å². The Morgan fingerprint density at radius 2 is 2.00 bits per heavy atom. The molecule has 0 aromatic rings. The Balaban J connectivity index is 1.83. The van der Waals surface area contributed by atoms with Crippen molar-refractivity contribution in [3.8, 4) is 0 Å². The molecule has 0 saturated heterocycles. The molecule has 2 fully saturated rings. The van der Waals surface area contributed by atoms with Crippen LogP contribution in [-0.2, 0) is 29.1 Å². The summed E-state index contributed by atoms with van der Waals surface area (Å²) in [6.07, 6.45) is 7.24. The molecule has 12 heteroatoms. The van der Waals surface area contributed by atoms with E-state index in [0.717, 1.165) is 19.3 Å². The number of hydrogen-bond donors (Lipinski definition) is 3. The number of carbonyl (C=O) groups is 4. The monoisotopic (exact) mass is 470 g/mol. The van der Waals surface area contributed by atoms with Crippen LogP contribution in [0, 0.1) is 5.92 Å². The molecule has 11 nitrogen and oxygen atoms in total. The number of allylic oxidation sites excluding steroid dienone is 1. The van der Waals surface area contributed by atoms with Crippen LogP contribution in [0.5, 0.6) is 0 Å². The lowest BCUT2D eigenvalue weighted by atomic mass is 10.1. The molecule has 3 N–H and O–H groups in total. The summed E-state index contributed by atoms with van der Waals surface area (Å²) in [6.45, 7) is 1.24. The molecule has 1 heterocycles. The molecule has 0 bridgehead atoms. The minimum absolute atomic E-state index is 0.232. The van der Waals surface area contributed by atoms with Crippen molar-refractivity contribution >= 4 is 33.8 Å². The molecule has 0 aromatic heterocycles. The molecule has 3 aliphatic rings. The van der Waals surface area contributed by atoms with Crippen LogP contribution in [0.3, 0.4) is 0 Å². The molecule has 0 aromatic carbocycles. The molecule has 2 aliphatic carbocycles. The highest BCUT2D eigenvalue weighted by atomic mass is 32.2. The van der Waals surface area contributed by atoms with Gasteiger partial charge < -0.3 is 20.3 Å². The maximum atomic E-state index is 13.0. The second-order valence-corrected chi connectivity index (χ2v) is 10.6. The molecule has 4 amide bonds. The number of fused-ring (bicyclic) bond motifs is 1. The summed E-state index contributed by atoms with van der Waals surface area (Å²) >= 11 is 0. The largest absolute Gasteiger partial charge is 0.463 e. The summed E-state index contributed by atoms with van der Waals surface area (Å²) in [5, 5.41) is 4.56. The van der Waals surface area contributed by atoms with E-state index in [-0.39, 0.29) is 12.3 Å². The van der Waals surface area contributed by atoms with E-state index in [1.807, 2.05) is 12.2 Å². The second kappa shape index (κ2) is 9.47. The van der Waals surface area contributed by atoms with Gasteiger partial charge in [-0.05, 0) is 38.5 Å². The predicted molar refractivity (Wildman–Crippen MR) is 114 cm³/mol. The van der Waals surface area contributed by atoms with Crippen LogP contribution in [0.2, 0.25) is 0 Å². The average Bonchev–Trinajstić information content (AvgIpc) is 3.61. The first kappa shape index (κ1) is 24.0. The highest BCUT2D eigenvalue weighted by Gasteiger charge is 2.61. The highest BCUT2D eigenvalue weighted by Crippen LogP contribution is 2.45. The van der Waals surface area contributed by atoms with Gasteiger partial charge in [0.1, 0.15) is 18.2 Å². The normalized spacial score (nSPS) is 30.1. The Kier molecular flexibility index (Phi) is 7.11. The van der Waals surface area contributed by atoms with Crippen LogP contribution < -0.4 is 15.4 Å². The Morgan fingerprint density at radius 3 is 2.66 bits per heavy atom. The molecular weight excluding hydrogens is 440 g/mol.